The number of amides is 1. The highest BCUT2D eigenvalue weighted by Gasteiger charge is 2.18. The lowest BCUT2D eigenvalue weighted by Crippen LogP contribution is -2.47. The van der Waals surface area contributed by atoms with Crippen LogP contribution in [0.4, 0.5) is 0 Å². The van der Waals surface area contributed by atoms with Crippen molar-refractivity contribution in [1.82, 2.24) is 9.80 Å². The Hall–Kier alpha value is -1.55. The molecule has 1 aliphatic rings. The normalized spacial score (nSPS) is 17.1. The Balaban J connectivity index is 1.93. The van der Waals surface area contributed by atoms with Crippen molar-refractivity contribution in [2.45, 2.75) is 6.42 Å². The Morgan fingerprint density at radius 2 is 2.00 bits per heavy atom. The molecule has 0 aromatic heterocycles. The van der Waals surface area contributed by atoms with Crippen molar-refractivity contribution in [2.24, 2.45) is 0 Å². The van der Waals surface area contributed by atoms with Crippen molar-refractivity contribution in [3.8, 4) is 5.75 Å². The van der Waals surface area contributed by atoms with Gasteiger partial charge in [0.2, 0.25) is 5.91 Å². The van der Waals surface area contributed by atoms with E-state index in [9.17, 15) is 9.90 Å². The molecule has 0 aliphatic carbocycles. The van der Waals surface area contributed by atoms with E-state index in [1.807, 2.05) is 11.0 Å². The zero-order chi connectivity index (χ0) is 12.3. The van der Waals surface area contributed by atoms with Crippen molar-refractivity contribution in [2.75, 3.05) is 33.2 Å². The summed E-state index contributed by atoms with van der Waals surface area (Å²) in [4.78, 5) is 16.1. The molecular weight excluding hydrogens is 216 g/mol. The number of likely N-dealkylation sites (N-methyl/N-ethyl adjacent to an activating group) is 1. The number of hydrogen-bond donors (Lipinski definition) is 1. The monoisotopic (exact) mass is 234 g/mol. The number of hydrogen-bond acceptors (Lipinski definition) is 3. The highest BCUT2D eigenvalue weighted by Crippen LogP contribution is 2.12. The molecule has 1 fully saturated rings. The molecule has 4 nitrogen and oxygen atoms in total. The van der Waals surface area contributed by atoms with Gasteiger partial charge in [0.1, 0.15) is 5.75 Å². The summed E-state index contributed by atoms with van der Waals surface area (Å²) in [6.07, 6.45) is 0.373. The van der Waals surface area contributed by atoms with Crippen LogP contribution in [0.3, 0.4) is 0 Å². The Morgan fingerprint density at radius 3 is 2.65 bits per heavy atom. The molecule has 0 unspecified atom stereocenters. The molecule has 4 heteroatoms. The van der Waals surface area contributed by atoms with E-state index in [0.29, 0.717) is 6.42 Å². The Bertz CT molecular complexity index is 398. The third kappa shape index (κ3) is 3.20. The van der Waals surface area contributed by atoms with E-state index in [0.717, 1.165) is 31.7 Å². The predicted molar refractivity (Wildman–Crippen MR) is 65.9 cm³/mol. The van der Waals surface area contributed by atoms with E-state index in [4.69, 9.17) is 0 Å². The second-order valence-corrected chi connectivity index (χ2v) is 4.53. The number of aromatic hydroxyl groups is 1. The number of carbonyl (C=O) groups excluding carboxylic acids is 1. The predicted octanol–water partition coefficient (Wildman–Crippen LogP) is 0.709. The fourth-order valence-corrected chi connectivity index (χ4v) is 2.01. The summed E-state index contributed by atoms with van der Waals surface area (Å²) in [5.74, 6) is 0.359. The van der Waals surface area contributed by atoms with Crippen molar-refractivity contribution in [1.29, 1.82) is 0 Å². The lowest BCUT2D eigenvalue weighted by molar-refractivity contribution is -0.132. The van der Waals surface area contributed by atoms with E-state index < -0.39 is 0 Å². The van der Waals surface area contributed by atoms with Gasteiger partial charge < -0.3 is 14.9 Å². The summed E-state index contributed by atoms with van der Waals surface area (Å²) in [6, 6.07) is 6.90. The lowest BCUT2D eigenvalue weighted by Gasteiger charge is -2.32. The lowest BCUT2D eigenvalue weighted by atomic mass is 10.1. The minimum absolute atomic E-state index is 0.142. The van der Waals surface area contributed by atoms with Crippen LogP contribution in [0.25, 0.3) is 0 Å². The number of benzene rings is 1. The maximum absolute atomic E-state index is 12.0. The molecule has 1 aromatic rings. The van der Waals surface area contributed by atoms with Crippen LogP contribution in [-0.4, -0.2) is 54.0 Å². The van der Waals surface area contributed by atoms with Gasteiger partial charge in [0.15, 0.2) is 0 Å². The first-order valence-corrected chi connectivity index (χ1v) is 5.89. The SMILES string of the molecule is CN1CCN(C(=O)Cc2cccc(O)c2)CC1. The van der Waals surface area contributed by atoms with E-state index in [-0.39, 0.29) is 11.7 Å². The summed E-state index contributed by atoms with van der Waals surface area (Å²) in [5, 5.41) is 9.34. The highest BCUT2D eigenvalue weighted by molar-refractivity contribution is 5.79. The van der Waals surface area contributed by atoms with Crippen LogP contribution in [0.2, 0.25) is 0 Å². The standard InChI is InChI=1S/C13H18N2O2/c1-14-5-7-15(8-6-14)13(17)10-11-3-2-4-12(16)9-11/h2-4,9,16H,5-8,10H2,1H3. The number of nitrogens with zero attached hydrogens (tertiary/aromatic N) is 2. The van der Waals surface area contributed by atoms with E-state index in [1.54, 1.807) is 18.2 Å². The van der Waals surface area contributed by atoms with Gasteiger partial charge in [-0.3, -0.25) is 4.79 Å². The van der Waals surface area contributed by atoms with Crippen LogP contribution in [-0.2, 0) is 11.2 Å². The highest BCUT2D eigenvalue weighted by atomic mass is 16.3. The van der Waals surface area contributed by atoms with Gasteiger partial charge in [-0.15, -0.1) is 0 Å². The van der Waals surface area contributed by atoms with Crippen LogP contribution in [0.5, 0.6) is 5.75 Å². The molecule has 0 bridgehead atoms. The molecular formula is C13H18N2O2. The van der Waals surface area contributed by atoms with Gasteiger partial charge in [-0.25, -0.2) is 0 Å². The quantitative estimate of drug-likeness (QED) is 0.819. The van der Waals surface area contributed by atoms with Crippen molar-refractivity contribution in [3.63, 3.8) is 0 Å². The molecule has 1 N–H and O–H groups in total. The molecule has 0 radical (unpaired) electrons. The Kier molecular flexibility index (Phi) is 3.64. The molecule has 1 aliphatic heterocycles. The molecule has 1 heterocycles. The average Bonchev–Trinajstić information content (AvgIpc) is 2.29. The summed E-state index contributed by atoms with van der Waals surface area (Å²) >= 11 is 0. The maximum atomic E-state index is 12.0. The van der Waals surface area contributed by atoms with Crippen molar-refractivity contribution in [3.05, 3.63) is 29.8 Å². The third-order valence-corrected chi connectivity index (χ3v) is 3.12. The minimum atomic E-state index is 0.142. The summed E-state index contributed by atoms with van der Waals surface area (Å²) in [6.45, 7) is 3.47. The molecule has 17 heavy (non-hydrogen) atoms. The zero-order valence-electron chi connectivity index (χ0n) is 10.1. The van der Waals surface area contributed by atoms with Gasteiger partial charge in [-0.1, -0.05) is 12.1 Å². The Labute approximate surface area is 101 Å². The molecule has 92 valence electrons. The molecule has 0 atom stereocenters. The van der Waals surface area contributed by atoms with Crippen LogP contribution in [0.15, 0.2) is 24.3 Å². The van der Waals surface area contributed by atoms with E-state index in [2.05, 4.69) is 11.9 Å². The first-order chi connectivity index (χ1) is 8.15. The van der Waals surface area contributed by atoms with Gasteiger partial charge >= 0.3 is 0 Å². The second-order valence-electron chi connectivity index (χ2n) is 4.53. The maximum Gasteiger partial charge on any atom is 0.227 e. The van der Waals surface area contributed by atoms with Gasteiger partial charge in [-0.2, -0.15) is 0 Å². The first kappa shape index (κ1) is 11.9. The molecule has 0 spiro atoms. The number of rotatable bonds is 2. The van der Waals surface area contributed by atoms with Crippen LogP contribution < -0.4 is 0 Å². The van der Waals surface area contributed by atoms with Crippen molar-refractivity contribution < 1.29 is 9.90 Å². The fraction of sp³-hybridized carbons (Fsp3) is 0.462. The van der Waals surface area contributed by atoms with Crippen molar-refractivity contribution >= 4 is 5.91 Å². The molecule has 0 saturated carbocycles. The Morgan fingerprint density at radius 1 is 1.29 bits per heavy atom. The van der Waals surface area contributed by atoms with Crippen LogP contribution in [0, 0.1) is 0 Å². The van der Waals surface area contributed by atoms with Crippen LogP contribution in [0.1, 0.15) is 5.56 Å². The third-order valence-electron chi connectivity index (χ3n) is 3.12. The fourth-order valence-electron chi connectivity index (χ4n) is 2.01. The van der Waals surface area contributed by atoms with Gasteiger partial charge in [-0.05, 0) is 24.7 Å². The number of phenolic OH excluding ortho intramolecular Hbond substituents is 1. The van der Waals surface area contributed by atoms with Gasteiger partial charge in [0.25, 0.3) is 0 Å². The summed E-state index contributed by atoms with van der Waals surface area (Å²) in [7, 11) is 2.07. The zero-order valence-corrected chi connectivity index (χ0v) is 10.1. The number of piperazine rings is 1. The van der Waals surface area contributed by atoms with E-state index in [1.165, 1.54) is 0 Å². The van der Waals surface area contributed by atoms with Crippen LogP contribution >= 0.6 is 0 Å². The van der Waals surface area contributed by atoms with Gasteiger partial charge in [0.05, 0.1) is 6.42 Å². The molecule has 1 saturated heterocycles. The number of carbonyl (C=O) groups is 1. The first-order valence-electron chi connectivity index (χ1n) is 5.89. The summed E-state index contributed by atoms with van der Waals surface area (Å²) in [5.41, 5.74) is 0.869. The topological polar surface area (TPSA) is 43.8 Å². The van der Waals surface area contributed by atoms with Gasteiger partial charge in [0, 0.05) is 26.2 Å². The van der Waals surface area contributed by atoms with E-state index >= 15 is 0 Å². The molecule has 2 rings (SSSR count). The second kappa shape index (κ2) is 5.19. The summed E-state index contributed by atoms with van der Waals surface area (Å²) < 4.78 is 0. The minimum Gasteiger partial charge on any atom is -0.508 e. The molecule has 1 aromatic carbocycles. The molecule has 1 amide bonds. The smallest absolute Gasteiger partial charge is 0.227 e. The largest absolute Gasteiger partial charge is 0.508 e. The number of phenols is 1. The average molecular weight is 234 g/mol.